The highest BCUT2D eigenvalue weighted by molar-refractivity contribution is 6.30. The summed E-state index contributed by atoms with van der Waals surface area (Å²) in [7, 11) is 0. The molecule has 2 fully saturated rings. The second-order valence-electron chi connectivity index (χ2n) is 7.60. The van der Waals surface area contributed by atoms with Crippen molar-refractivity contribution in [2.45, 2.75) is 24.6 Å². The van der Waals surface area contributed by atoms with Crippen LogP contribution in [0.5, 0.6) is 0 Å². The number of ether oxygens (including phenoxy) is 1. The maximum Gasteiger partial charge on any atom is 0.328 e. The summed E-state index contributed by atoms with van der Waals surface area (Å²) >= 11 is 5.98. The molecule has 2 aromatic rings. The Morgan fingerprint density at radius 1 is 1.03 bits per heavy atom. The summed E-state index contributed by atoms with van der Waals surface area (Å²) in [6.45, 7) is 0.417. The fourth-order valence-electron chi connectivity index (χ4n) is 4.15. The predicted octanol–water partition coefficient (Wildman–Crippen LogP) is 3.04. The number of likely N-dealkylation sites (tertiary alicyclic amines) is 1. The number of carboxylic acids is 1. The number of halogens is 2. The van der Waals surface area contributed by atoms with Gasteiger partial charge in [0.25, 0.3) is 11.8 Å². The number of amides is 2. The number of carbonyl (C=O) groups excluding carboxylic acids is 2. The Bertz CT molecular complexity index is 1020. The van der Waals surface area contributed by atoms with E-state index in [0.717, 1.165) is 12.1 Å². The number of rotatable bonds is 3. The summed E-state index contributed by atoms with van der Waals surface area (Å²) in [6, 6.07) is 10.4. The lowest BCUT2D eigenvalue weighted by Crippen LogP contribution is -2.58. The first-order valence-electron chi connectivity index (χ1n) is 9.81. The van der Waals surface area contributed by atoms with Gasteiger partial charge in [-0.2, -0.15) is 0 Å². The molecule has 0 saturated carbocycles. The van der Waals surface area contributed by atoms with Crippen molar-refractivity contribution in [3.8, 4) is 0 Å². The van der Waals surface area contributed by atoms with Crippen molar-refractivity contribution in [2.75, 3.05) is 19.7 Å². The molecule has 4 rings (SSSR count). The summed E-state index contributed by atoms with van der Waals surface area (Å²) in [5.74, 6) is -2.41. The van der Waals surface area contributed by atoms with Crippen LogP contribution in [0.25, 0.3) is 0 Å². The number of nitrogens with zero attached hydrogens (tertiary/aromatic N) is 2. The van der Waals surface area contributed by atoms with Gasteiger partial charge in [-0.3, -0.25) is 14.5 Å². The molecule has 2 amide bonds. The van der Waals surface area contributed by atoms with Crippen LogP contribution in [-0.2, 0) is 9.53 Å². The molecule has 2 aromatic carbocycles. The summed E-state index contributed by atoms with van der Waals surface area (Å²) in [5, 5.41) is 10.1. The van der Waals surface area contributed by atoms with E-state index in [1.807, 2.05) is 0 Å². The normalized spacial score (nSPS) is 20.1. The molecule has 9 heteroatoms. The van der Waals surface area contributed by atoms with Crippen molar-refractivity contribution < 1.29 is 28.6 Å². The van der Waals surface area contributed by atoms with Gasteiger partial charge < -0.3 is 14.7 Å². The van der Waals surface area contributed by atoms with Crippen LogP contribution in [0.15, 0.2) is 48.5 Å². The lowest BCUT2D eigenvalue weighted by atomic mass is 9.96. The second kappa shape index (κ2) is 8.28. The standard InChI is InChI=1S/C22H20ClFN2O5/c23-16-3-1-2-15(12-16)19(27)25-10-8-22(9-11-25)26(18(13-31-22)21(29)30)20(28)14-4-6-17(24)7-5-14/h1-7,12,18H,8-11,13H2,(H,29,30). The lowest BCUT2D eigenvalue weighted by molar-refractivity contribution is -0.143. The van der Waals surface area contributed by atoms with Crippen LogP contribution in [-0.4, -0.2) is 64.2 Å². The van der Waals surface area contributed by atoms with Crippen LogP contribution in [0.1, 0.15) is 33.6 Å². The Hall–Kier alpha value is -2.97. The zero-order valence-electron chi connectivity index (χ0n) is 16.5. The Morgan fingerprint density at radius 3 is 2.32 bits per heavy atom. The molecule has 2 heterocycles. The third-order valence-corrected chi connectivity index (χ3v) is 5.99. The molecule has 0 aliphatic carbocycles. The van der Waals surface area contributed by atoms with E-state index in [1.165, 1.54) is 17.0 Å². The molecule has 31 heavy (non-hydrogen) atoms. The monoisotopic (exact) mass is 446 g/mol. The zero-order chi connectivity index (χ0) is 22.2. The third-order valence-electron chi connectivity index (χ3n) is 5.76. The molecular weight excluding hydrogens is 427 g/mol. The van der Waals surface area contributed by atoms with Gasteiger partial charge in [-0.05, 0) is 42.5 Å². The van der Waals surface area contributed by atoms with Crippen molar-refractivity contribution in [3.63, 3.8) is 0 Å². The van der Waals surface area contributed by atoms with Gasteiger partial charge in [0.05, 0.1) is 6.61 Å². The van der Waals surface area contributed by atoms with Gasteiger partial charge in [-0.1, -0.05) is 17.7 Å². The minimum Gasteiger partial charge on any atom is -0.480 e. The number of carboxylic acid groups (broad SMARTS) is 1. The SMILES string of the molecule is O=C(O)C1COC2(CCN(C(=O)c3cccc(Cl)c3)CC2)N1C(=O)c1ccc(F)cc1. The minimum atomic E-state index is -1.18. The molecule has 1 N–H and O–H groups in total. The fourth-order valence-corrected chi connectivity index (χ4v) is 4.34. The van der Waals surface area contributed by atoms with Crippen molar-refractivity contribution in [1.29, 1.82) is 0 Å². The molecule has 1 spiro atoms. The van der Waals surface area contributed by atoms with E-state index in [1.54, 1.807) is 29.2 Å². The molecule has 0 radical (unpaired) electrons. The van der Waals surface area contributed by atoms with E-state index in [2.05, 4.69) is 0 Å². The highest BCUT2D eigenvalue weighted by Gasteiger charge is 2.54. The highest BCUT2D eigenvalue weighted by atomic mass is 35.5. The second-order valence-corrected chi connectivity index (χ2v) is 8.03. The Balaban J connectivity index is 1.56. The third kappa shape index (κ3) is 4.00. The quantitative estimate of drug-likeness (QED) is 0.783. The first kappa shape index (κ1) is 21.3. The topological polar surface area (TPSA) is 87.2 Å². The van der Waals surface area contributed by atoms with E-state index in [4.69, 9.17) is 16.3 Å². The van der Waals surface area contributed by atoms with Gasteiger partial charge >= 0.3 is 5.97 Å². The zero-order valence-corrected chi connectivity index (χ0v) is 17.2. The molecule has 2 aliphatic heterocycles. The van der Waals surface area contributed by atoms with Crippen LogP contribution < -0.4 is 0 Å². The number of piperidine rings is 1. The van der Waals surface area contributed by atoms with Crippen molar-refractivity contribution in [1.82, 2.24) is 9.80 Å². The summed E-state index contributed by atoms with van der Waals surface area (Å²) in [4.78, 5) is 40.7. The number of aliphatic carboxylic acids is 1. The first-order chi connectivity index (χ1) is 14.8. The molecule has 0 aromatic heterocycles. The molecular formula is C22H20ClFN2O5. The van der Waals surface area contributed by atoms with Gasteiger partial charge in [0.1, 0.15) is 11.5 Å². The van der Waals surface area contributed by atoms with Crippen LogP contribution in [0.4, 0.5) is 4.39 Å². The highest BCUT2D eigenvalue weighted by Crippen LogP contribution is 2.38. The van der Waals surface area contributed by atoms with Gasteiger partial charge in [-0.25, -0.2) is 9.18 Å². The summed E-state index contributed by atoms with van der Waals surface area (Å²) < 4.78 is 19.2. The van der Waals surface area contributed by atoms with E-state index in [-0.39, 0.29) is 44.0 Å². The minimum absolute atomic E-state index is 0.148. The summed E-state index contributed by atoms with van der Waals surface area (Å²) in [5.41, 5.74) is -0.506. The molecule has 2 aliphatic rings. The average Bonchev–Trinajstić information content (AvgIpc) is 3.12. The van der Waals surface area contributed by atoms with Gasteiger partial charge in [0.15, 0.2) is 6.04 Å². The Kier molecular flexibility index (Phi) is 5.68. The van der Waals surface area contributed by atoms with Crippen molar-refractivity contribution in [2.24, 2.45) is 0 Å². The fraction of sp³-hybridized carbons (Fsp3) is 0.318. The smallest absolute Gasteiger partial charge is 0.328 e. The number of benzene rings is 2. The van der Waals surface area contributed by atoms with Crippen LogP contribution in [0.3, 0.4) is 0 Å². The van der Waals surface area contributed by atoms with E-state index >= 15 is 0 Å². The van der Waals surface area contributed by atoms with E-state index < -0.39 is 29.5 Å². The average molecular weight is 447 g/mol. The molecule has 1 atom stereocenters. The molecule has 2 saturated heterocycles. The molecule has 1 unspecified atom stereocenters. The van der Waals surface area contributed by atoms with Crippen LogP contribution in [0, 0.1) is 5.82 Å². The Labute approximate surface area is 183 Å². The number of hydrogen-bond donors (Lipinski definition) is 1. The van der Waals surface area contributed by atoms with Gasteiger partial charge in [0, 0.05) is 42.1 Å². The first-order valence-corrected chi connectivity index (χ1v) is 10.2. The predicted molar refractivity (Wildman–Crippen MR) is 109 cm³/mol. The lowest BCUT2D eigenvalue weighted by Gasteiger charge is -2.44. The summed E-state index contributed by atoms with van der Waals surface area (Å²) in [6.07, 6.45) is 0.520. The maximum absolute atomic E-state index is 13.3. The Morgan fingerprint density at radius 2 is 1.71 bits per heavy atom. The van der Waals surface area contributed by atoms with Crippen LogP contribution in [0.2, 0.25) is 5.02 Å². The van der Waals surface area contributed by atoms with Crippen molar-refractivity contribution >= 4 is 29.4 Å². The van der Waals surface area contributed by atoms with Gasteiger partial charge in [0.2, 0.25) is 0 Å². The molecule has 162 valence electrons. The van der Waals surface area contributed by atoms with Crippen LogP contribution >= 0.6 is 11.6 Å². The number of carbonyl (C=O) groups is 3. The molecule has 0 bridgehead atoms. The van der Waals surface area contributed by atoms with E-state index in [9.17, 15) is 23.9 Å². The largest absolute Gasteiger partial charge is 0.480 e. The van der Waals surface area contributed by atoms with Gasteiger partial charge in [-0.15, -0.1) is 0 Å². The molecule has 7 nitrogen and oxygen atoms in total. The maximum atomic E-state index is 13.3. The van der Waals surface area contributed by atoms with Crippen molar-refractivity contribution in [3.05, 3.63) is 70.5 Å². The number of hydrogen-bond acceptors (Lipinski definition) is 4. The van der Waals surface area contributed by atoms with E-state index in [0.29, 0.717) is 10.6 Å².